The van der Waals surface area contributed by atoms with Crippen LogP contribution in [0.3, 0.4) is 0 Å². The fourth-order valence-corrected chi connectivity index (χ4v) is 4.79. The molecule has 9 nitrogen and oxygen atoms in total. The molecule has 5 rings (SSSR count). The van der Waals surface area contributed by atoms with Crippen LogP contribution in [0.5, 0.6) is 5.75 Å². The van der Waals surface area contributed by atoms with Gasteiger partial charge in [-0.3, -0.25) is 24.5 Å². The first-order valence-electron chi connectivity index (χ1n) is 11.7. The second kappa shape index (κ2) is 9.81. The Morgan fingerprint density at radius 3 is 2.53 bits per heavy atom. The van der Waals surface area contributed by atoms with Crippen LogP contribution in [0.25, 0.3) is 0 Å². The summed E-state index contributed by atoms with van der Waals surface area (Å²) in [6, 6.07) is 8.42. The van der Waals surface area contributed by atoms with Crippen LogP contribution < -0.4 is 21.0 Å². The number of carbonyl (C=O) groups excluding carboxylic acids is 4. The molecule has 1 N–H and O–H groups in total. The highest BCUT2D eigenvalue weighted by atomic mass is 16.5. The number of nitrogens with zero attached hydrogens (tertiary/aromatic N) is 2. The molecule has 2 aromatic carbocycles. The first kappa shape index (κ1) is 24.1. The maximum absolute atomic E-state index is 13.2. The minimum absolute atomic E-state index is 0.0257. The number of amides is 4. The maximum atomic E-state index is 13.2. The zero-order valence-corrected chi connectivity index (χ0v) is 19.6. The normalized spacial score (nSPS) is 19.9. The Balaban J connectivity index is 1.30. The Morgan fingerprint density at radius 2 is 1.81 bits per heavy atom. The molecule has 0 bridgehead atoms. The van der Waals surface area contributed by atoms with E-state index in [0.29, 0.717) is 36.5 Å². The maximum Gasteiger partial charge on any atom is 0.254 e. The van der Waals surface area contributed by atoms with Crippen LogP contribution in [0.2, 0.25) is 0 Å². The van der Waals surface area contributed by atoms with Gasteiger partial charge in [-0.15, -0.1) is 0 Å². The molecule has 3 aliphatic heterocycles. The third-order valence-electron chi connectivity index (χ3n) is 6.69. The van der Waals surface area contributed by atoms with E-state index in [4.69, 9.17) is 25.2 Å². The second-order valence-electron chi connectivity index (χ2n) is 9.11. The monoisotopic (exact) mass is 483 g/mol. The molecule has 1 atom stereocenters. The SMILES string of the molecule is [B]c1cc([B])c2c(c1OCc1ccc(CN3CCOCC3=O)cc1)CN(C1CCC(=O)NC1=O)C2=O. The molecule has 3 heterocycles. The van der Waals surface area contributed by atoms with Crippen LogP contribution in [0, 0.1) is 0 Å². The van der Waals surface area contributed by atoms with Crippen LogP contribution in [0.15, 0.2) is 30.3 Å². The van der Waals surface area contributed by atoms with Crippen LogP contribution >= 0.6 is 0 Å². The molecule has 4 amide bonds. The number of carbonyl (C=O) groups is 4. The summed E-state index contributed by atoms with van der Waals surface area (Å²) in [5, 5.41) is 2.29. The van der Waals surface area contributed by atoms with Gasteiger partial charge < -0.3 is 19.3 Å². The van der Waals surface area contributed by atoms with Crippen molar-refractivity contribution in [2.45, 2.75) is 38.6 Å². The number of piperidine rings is 1. The van der Waals surface area contributed by atoms with E-state index in [-0.39, 0.29) is 61.3 Å². The number of hydrogen-bond donors (Lipinski definition) is 1. The van der Waals surface area contributed by atoms with Crippen molar-refractivity contribution < 1.29 is 28.7 Å². The quantitative estimate of drug-likeness (QED) is 0.417. The van der Waals surface area contributed by atoms with Gasteiger partial charge in [0, 0.05) is 30.6 Å². The van der Waals surface area contributed by atoms with Gasteiger partial charge in [-0.25, -0.2) is 0 Å². The molecule has 0 aromatic heterocycles. The number of imide groups is 1. The fraction of sp³-hybridized carbons (Fsp3) is 0.360. The lowest BCUT2D eigenvalue weighted by atomic mass is 9.81. The van der Waals surface area contributed by atoms with Crippen LogP contribution in [-0.2, 0) is 38.8 Å². The highest BCUT2D eigenvalue weighted by Gasteiger charge is 2.41. The first-order chi connectivity index (χ1) is 17.3. The van der Waals surface area contributed by atoms with E-state index in [2.05, 4.69) is 5.32 Å². The molecule has 0 aliphatic carbocycles. The zero-order valence-electron chi connectivity index (χ0n) is 19.6. The Labute approximate surface area is 210 Å². The van der Waals surface area contributed by atoms with Crippen molar-refractivity contribution in [3.63, 3.8) is 0 Å². The number of morpholine rings is 1. The van der Waals surface area contributed by atoms with E-state index in [1.54, 1.807) is 4.90 Å². The number of fused-ring (bicyclic) bond motifs is 1. The highest BCUT2D eigenvalue weighted by Crippen LogP contribution is 2.32. The minimum Gasteiger partial charge on any atom is -0.489 e. The number of nitrogens with one attached hydrogen (secondary N) is 1. The van der Waals surface area contributed by atoms with Crippen molar-refractivity contribution in [3.8, 4) is 5.75 Å². The highest BCUT2D eigenvalue weighted by molar-refractivity contribution is 6.42. The van der Waals surface area contributed by atoms with E-state index < -0.39 is 11.9 Å². The lowest BCUT2D eigenvalue weighted by molar-refractivity contribution is -0.143. The fourth-order valence-electron chi connectivity index (χ4n) is 4.79. The molecule has 180 valence electrons. The van der Waals surface area contributed by atoms with Gasteiger partial charge in [-0.1, -0.05) is 41.3 Å². The van der Waals surface area contributed by atoms with Crippen molar-refractivity contribution in [2.24, 2.45) is 0 Å². The molecule has 0 saturated carbocycles. The van der Waals surface area contributed by atoms with Crippen LogP contribution in [-0.4, -0.2) is 74.9 Å². The van der Waals surface area contributed by atoms with E-state index in [1.165, 1.54) is 11.0 Å². The third-order valence-corrected chi connectivity index (χ3v) is 6.69. The number of benzene rings is 2. The molecule has 2 aromatic rings. The summed E-state index contributed by atoms with van der Waals surface area (Å²) in [6.45, 7) is 2.04. The van der Waals surface area contributed by atoms with Crippen molar-refractivity contribution in [2.75, 3.05) is 19.8 Å². The Hall–Kier alpha value is -3.59. The number of rotatable bonds is 6. The Bertz CT molecular complexity index is 1250. The topological polar surface area (TPSA) is 105 Å². The van der Waals surface area contributed by atoms with Crippen molar-refractivity contribution in [1.82, 2.24) is 15.1 Å². The van der Waals surface area contributed by atoms with Gasteiger partial charge >= 0.3 is 0 Å². The van der Waals surface area contributed by atoms with E-state index >= 15 is 0 Å². The minimum atomic E-state index is -0.762. The molecule has 3 aliphatic rings. The van der Waals surface area contributed by atoms with Gasteiger partial charge in [0.15, 0.2) is 0 Å². The Morgan fingerprint density at radius 1 is 1.06 bits per heavy atom. The number of ether oxygens (including phenoxy) is 2. The van der Waals surface area contributed by atoms with E-state index in [1.807, 2.05) is 24.3 Å². The smallest absolute Gasteiger partial charge is 0.254 e. The summed E-state index contributed by atoms with van der Waals surface area (Å²) in [6.07, 6.45) is 0.408. The zero-order chi connectivity index (χ0) is 25.4. The van der Waals surface area contributed by atoms with Crippen LogP contribution in [0.4, 0.5) is 0 Å². The summed E-state index contributed by atoms with van der Waals surface area (Å²) >= 11 is 0. The average molecular weight is 483 g/mol. The first-order valence-corrected chi connectivity index (χ1v) is 11.7. The summed E-state index contributed by atoms with van der Waals surface area (Å²) in [5.74, 6) is -0.910. The average Bonchev–Trinajstić information content (AvgIpc) is 3.18. The molecule has 4 radical (unpaired) electrons. The van der Waals surface area contributed by atoms with Gasteiger partial charge in [0.1, 0.15) is 40.7 Å². The summed E-state index contributed by atoms with van der Waals surface area (Å²) in [7, 11) is 12.3. The summed E-state index contributed by atoms with van der Waals surface area (Å²) in [4.78, 5) is 52.2. The van der Waals surface area contributed by atoms with Gasteiger partial charge in [0.05, 0.1) is 13.2 Å². The molecular formula is C25H23B2N3O6. The second-order valence-corrected chi connectivity index (χ2v) is 9.11. The lowest BCUT2D eigenvalue weighted by Crippen LogP contribution is -2.52. The largest absolute Gasteiger partial charge is 0.489 e. The van der Waals surface area contributed by atoms with Crippen molar-refractivity contribution >= 4 is 50.2 Å². The molecule has 2 saturated heterocycles. The standard InChI is InChI=1S/C25H23B2N3O6/c26-17-9-18(27)23(16-11-30(25(34)22(16)17)19-5-6-20(31)28-24(19)33)36-12-15-3-1-14(2-4-15)10-29-7-8-35-13-21(29)32/h1-4,9,19H,5-8,10-13H2,(H,28,31,33). The summed E-state index contributed by atoms with van der Waals surface area (Å²) < 4.78 is 11.2. The Kier molecular flexibility index (Phi) is 6.57. The molecule has 2 fully saturated rings. The molecule has 0 spiro atoms. The van der Waals surface area contributed by atoms with E-state index in [0.717, 1.165) is 11.1 Å². The summed E-state index contributed by atoms with van der Waals surface area (Å²) in [5.41, 5.74) is 3.19. The van der Waals surface area contributed by atoms with Gasteiger partial charge in [0.25, 0.3) is 5.91 Å². The van der Waals surface area contributed by atoms with Crippen LogP contribution in [0.1, 0.15) is 39.9 Å². The molecular weight excluding hydrogens is 460 g/mol. The third kappa shape index (κ3) is 4.63. The van der Waals surface area contributed by atoms with Crippen molar-refractivity contribution in [3.05, 3.63) is 52.6 Å². The van der Waals surface area contributed by atoms with Gasteiger partial charge in [-0.2, -0.15) is 0 Å². The van der Waals surface area contributed by atoms with Crippen molar-refractivity contribution in [1.29, 1.82) is 0 Å². The van der Waals surface area contributed by atoms with Gasteiger partial charge in [-0.05, 0) is 17.5 Å². The van der Waals surface area contributed by atoms with E-state index in [9.17, 15) is 19.2 Å². The molecule has 11 heteroatoms. The number of hydrogen-bond acceptors (Lipinski definition) is 6. The predicted molar refractivity (Wildman–Crippen MR) is 130 cm³/mol. The predicted octanol–water partition coefficient (Wildman–Crippen LogP) is -1.03. The lowest BCUT2D eigenvalue weighted by Gasteiger charge is -2.29. The molecule has 36 heavy (non-hydrogen) atoms. The molecule has 1 unspecified atom stereocenters. The van der Waals surface area contributed by atoms with Gasteiger partial charge in [0.2, 0.25) is 17.7 Å².